The molecule has 0 saturated heterocycles. The first-order valence-corrected chi connectivity index (χ1v) is 6.53. The Bertz CT molecular complexity index is 671. The highest BCUT2D eigenvalue weighted by atomic mass is 35.5. The van der Waals surface area contributed by atoms with E-state index in [0.717, 1.165) is 6.07 Å². The van der Waals surface area contributed by atoms with Gasteiger partial charge in [-0.15, -0.1) is 0 Å². The van der Waals surface area contributed by atoms with Gasteiger partial charge < -0.3 is 5.73 Å². The first-order chi connectivity index (χ1) is 9.70. The van der Waals surface area contributed by atoms with Gasteiger partial charge in [0.05, 0.1) is 21.7 Å². The van der Waals surface area contributed by atoms with Crippen molar-refractivity contribution in [3.05, 3.63) is 69.0 Å². The summed E-state index contributed by atoms with van der Waals surface area (Å²) in [5, 5.41) is 0.547. The third-order valence-corrected chi connectivity index (χ3v) is 3.70. The summed E-state index contributed by atoms with van der Waals surface area (Å²) in [5.74, 6) is -1.34. The first kappa shape index (κ1) is 16.1. The molecule has 0 saturated carbocycles. The van der Waals surface area contributed by atoms with Crippen LogP contribution in [0.5, 0.6) is 0 Å². The number of halogens is 6. The molecule has 0 aromatic heterocycles. The summed E-state index contributed by atoms with van der Waals surface area (Å²) in [7, 11) is 0. The van der Waals surface area contributed by atoms with Crippen molar-refractivity contribution < 1.29 is 17.6 Å². The Balaban J connectivity index is 2.44. The van der Waals surface area contributed by atoms with Crippen LogP contribution >= 0.6 is 23.2 Å². The molecule has 7 heteroatoms. The molecule has 1 nitrogen and oxygen atoms in total. The van der Waals surface area contributed by atoms with Crippen molar-refractivity contribution >= 4 is 23.2 Å². The summed E-state index contributed by atoms with van der Waals surface area (Å²) in [5.41, 5.74) is 5.16. The van der Waals surface area contributed by atoms with Crippen molar-refractivity contribution in [2.24, 2.45) is 5.73 Å². The summed E-state index contributed by atoms with van der Waals surface area (Å²) in [6.07, 6.45) is -4.78. The van der Waals surface area contributed by atoms with Crippen molar-refractivity contribution in [2.75, 3.05) is 0 Å². The lowest BCUT2D eigenvalue weighted by Gasteiger charge is -2.16. The minimum absolute atomic E-state index is 0.127. The lowest BCUT2D eigenvalue weighted by atomic mass is 9.97. The molecule has 0 heterocycles. The second-order valence-corrected chi connectivity index (χ2v) is 5.20. The first-order valence-electron chi connectivity index (χ1n) is 5.77. The molecule has 0 aliphatic carbocycles. The highest BCUT2D eigenvalue weighted by Crippen LogP contribution is 2.34. The summed E-state index contributed by atoms with van der Waals surface area (Å²) >= 11 is 11.6. The van der Waals surface area contributed by atoms with E-state index < -0.39 is 23.6 Å². The van der Waals surface area contributed by atoms with Crippen LogP contribution in [0.15, 0.2) is 36.4 Å². The molecule has 2 aromatic carbocycles. The molecule has 0 bridgehead atoms. The molecule has 0 aliphatic heterocycles. The summed E-state index contributed by atoms with van der Waals surface area (Å²) in [6.45, 7) is 0. The summed E-state index contributed by atoms with van der Waals surface area (Å²) in [6, 6.07) is 6.28. The monoisotopic (exact) mass is 337 g/mol. The van der Waals surface area contributed by atoms with Crippen LogP contribution in [0.4, 0.5) is 17.6 Å². The standard InChI is InChI=1S/C14H9Cl2F4N/c15-10-3-1-8(6-11(10)16)13(21)7-2-4-12(17)9(5-7)14(18,19)20/h1-6,13H,21H2. The van der Waals surface area contributed by atoms with E-state index in [-0.39, 0.29) is 10.6 Å². The van der Waals surface area contributed by atoms with Gasteiger partial charge in [0.25, 0.3) is 0 Å². The largest absolute Gasteiger partial charge is 0.419 e. The Labute approximate surface area is 128 Å². The Hall–Kier alpha value is -1.30. The van der Waals surface area contributed by atoms with Gasteiger partial charge in [-0.25, -0.2) is 4.39 Å². The fourth-order valence-electron chi connectivity index (χ4n) is 1.85. The van der Waals surface area contributed by atoms with Crippen LogP contribution in [0.2, 0.25) is 10.0 Å². The molecule has 2 aromatic rings. The van der Waals surface area contributed by atoms with E-state index >= 15 is 0 Å². The maximum atomic E-state index is 13.2. The van der Waals surface area contributed by atoms with Gasteiger partial charge in [-0.3, -0.25) is 0 Å². The van der Waals surface area contributed by atoms with Crippen molar-refractivity contribution in [3.8, 4) is 0 Å². The molecular weight excluding hydrogens is 329 g/mol. The van der Waals surface area contributed by atoms with Crippen molar-refractivity contribution in [1.82, 2.24) is 0 Å². The van der Waals surface area contributed by atoms with E-state index in [1.165, 1.54) is 18.2 Å². The molecule has 0 aliphatic rings. The van der Waals surface area contributed by atoms with Crippen LogP contribution in [0.25, 0.3) is 0 Å². The Morgan fingerprint density at radius 1 is 0.905 bits per heavy atom. The summed E-state index contributed by atoms with van der Waals surface area (Å²) in [4.78, 5) is 0. The minimum atomic E-state index is -4.78. The van der Waals surface area contributed by atoms with Gasteiger partial charge in [0, 0.05) is 0 Å². The number of hydrogen-bond donors (Lipinski definition) is 1. The van der Waals surface area contributed by atoms with Crippen LogP contribution in [0.3, 0.4) is 0 Å². The second kappa shape index (κ2) is 5.83. The predicted octanol–water partition coefficient (Wildman–Crippen LogP) is 5.20. The lowest BCUT2D eigenvalue weighted by molar-refractivity contribution is -0.140. The fraction of sp³-hybridized carbons (Fsp3) is 0.143. The maximum absolute atomic E-state index is 13.2. The number of nitrogens with two attached hydrogens (primary N) is 1. The van der Waals surface area contributed by atoms with E-state index in [4.69, 9.17) is 28.9 Å². The quantitative estimate of drug-likeness (QED) is 0.749. The second-order valence-electron chi connectivity index (χ2n) is 4.39. The zero-order chi connectivity index (χ0) is 15.8. The van der Waals surface area contributed by atoms with Gasteiger partial charge in [-0.2, -0.15) is 13.2 Å². The van der Waals surface area contributed by atoms with Gasteiger partial charge in [0.15, 0.2) is 0 Å². The van der Waals surface area contributed by atoms with Gasteiger partial charge >= 0.3 is 6.18 Å². The van der Waals surface area contributed by atoms with Crippen LogP contribution in [-0.4, -0.2) is 0 Å². The number of hydrogen-bond acceptors (Lipinski definition) is 1. The molecule has 2 N–H and O–H groups in total. The molecule has 0 radical (unpaired) electrons. The third-order valence-electron chi connectivity index (χ3n) is 2.96. The SMILES string of the molecule is NC(c1ccc(Cl)c(Cl)c1)c1ccc(F)c(C(F)(F)F)c1. The molecule has 1 atom stereocenters. The molecule has 112 valence electrons. The van der Waals surface area contributed by atoms with Gasteiger partial charge in [0.2, 0.25) is 0 Å². The van der Waals surface area contributed by atoms with Gasteiger partial charge in [0.1, 0.15) is 5.82 Å². The van der Waals surface area contributed by atoms with E-state index in [1.54, 1.807) is 6.07 Å². The minimum Gasteiger partial charge on any atom is -0.320 e. The number of benzene rings is 2. The van der Waals surface area contributed by atoms with Gasteiger partial charge in [-0.1, -0.05) is 35.3 Å². The Kier molecular flexibility index (Phi) is 4.46. The lowest BCUT2D eigenvalue weighted by Crippen LogP contribution is -2.15. The van der Waals surface area contributed by atoms with Crippen LogP contribution in [-0.2, 0) is 6.18 Å². The van der Waals surface area contributed by atoms with Crippen molar-refractivity contribution in [1.29, 1.82) is 0 Å². The van der Waals surface area contributed by atoms with E-state index in [0.29, 0.717) is 16.7 Å². The average molecular weight is 338 g/mol. The van der Waals surface area contributed by atoms with Gasteiger partial charge in [-0.05, 0) is 35.4 Å². The molecule has 21 heavy (non-hydrogen) atoms. The third kappa shape index (κ3) is 3.48. The van der Waals surface area contributed by atoms with Crippen LogP contribution in [0, 0.1) is 5.82 Å². The zero-order valence-electron chi connectivity index (χ0n) is 10.4. The Morgan fingerprint density at radius 3 is 2.05 bits per heavy atom. The molecule has 0 amide bonds. The predicted molar refractivity (Wildman–Crippen MR) is 73.9 cm³/mol. The molecule has 0 fully saturated rings. The number of alkyl halides is 3. The highest BCUT2D eigenvalue weighted by molar-refractivity contribution is 6.42. The topological polar surface area (TPSA) is 26.0 Å². The molecular formula is C14H9Cl2F4N. The highest BCUT2D eigenvalue weighted by Gasteiger charge is 2.34. The van der Waals surface area contributed by atoms with E-state index in [9.17, 15) is 17.6 Å². The van der Waals surface area contributed by atoms with Crippen LogP contribution in [0.1, 0.15) is 22.7 Å². The zero-order valence-corrected chi connectivity index (χ0v) is 11.9. The molecule has 2 rings (SSSR count). The maximum Gasteiger partial charge on any atom is 0.419 e. The van der Waals surface area contributed by atoms with Crippen molar-refractivity contribution in [3.63, 3.8) is 0 Å². The Morgan fingerprint density at radius 2 is 1.48 bits per heavy atom. The smallest absolute Gasteiger partial charge is 0.320 e. The van der Waals surface area contributed by atoms with Crippen LogP contribution < -0.4 is 5.73 Å². The van der Waals surface area contributed by atoms with Crippen molar-refractivity contribution in [2.45, 2.75) is 12.2 Å². The van der Waals surface area contributed by atoms with E-state index in [2.05, 4.69) is 0 Å². The average Bonchev–Trinajstić information content (AvgIpc) is 2.40. The molecule has 0 spiro atoms. The molecule has 1 unspecified atom stereocenters. The summed E-state index contributed by atoms with van der Waals surface area (Å²) < 4.78 is 51.3. The normalized spacial score (nSPS) is 13.3. The van der Waals surface area contributed by atoms with E-state index in [1.807, 2.05) is 0 Å². The fourth-order valence-corrected chi connectivity index (χ4v) is 2.16. The number of rotatable bonds is 2.